The molecular weight excluding hydrogens is 530 g/mol. The highest BCUT2D eigenvalue weighted by molar-refractivity contribution is 9.10. The Labute approximate surface area is 214 Å². The van der Waals surface area contributed by atoms with Gasteiger partial charge >= 0.3 is 0 Å². The summed E-state index contributed by atoms with van der Waals surface area (Å²) in [5, 5.41) is 9.39. The summed E-state index contributed by atoms with van der Waals surface area (Å²) in [5.74, 6) is 0.758. The predicted octanol–water partition coefficient (Wildman–Crippen LogP) is 4.87. The maximum absolute atomic E-state index is 12.8. The number of nitrogens with zero attached hydrogens (tertiary/aromatic N) is 5. The first-order valence-electron chi connectivity index (χ1n) is 11.0. The molecule has 3 aromatic carbocycles. The monoisotopic (exact) mass is 545 g/mol. The fourth-order valence-electron chi connectivity index (χ4n) is 4.56. The van der Waals surface area contributed by atoms with Crippen molar-refractivity contribution < 1.29 is 9.59 Å². The van der Waals surface area contributed by atoms with Gasteiger partial charge in [-0.1, -0.05) is 57.9 Å². The number of hydrogen-bond donors (Lipinski definition) is 0. The lowest BCUT2D eigenvalue weighted by Gasteiger charge is -2.16. The molecule has 0 radical (unpaired) electrons. The van der Waals surface area contributed by atoms with Crippen molar-refractivity contribution >= 4 is 45.1 Å². The Morgan fingerprint density at radius 1 is 0.857 bits per heavy atom. The molecule has 35 heavy (non-hydrogen) atoms. The fraction of sp³-hybridized carbons (Fsp3) is 0.115. The molecule has 3 heterocycles. The van der Waals surface area contributed by atoms with Gasteiger partial charge in [-0.15, -0.1) is 10.2 Å². The van der Waals surface area contributed by atoms with Gasteiger partial charge in [-0.3, -0.25) is 24.0 Å². The molecule has 6 rings (SSSR count). The van der Waals surface area contributed by atoms with E-state index in [0.29, 0.717) is 40.8 Å². The number of fused-ring (bicyclic) bond motifs is 4. The summed E-state index contributed by atoms with van der Waals surface area (Å²) in [5.41, 5.74) is 4.22. The molecule has 0 atom stereocenters. The third-order valence-electron chi connectivity index (χ3n) is 6.20. The zero-order valence-corrected chi connectivity index (χ0v) is 20.6. The number of amides is 2. The molecule has 0 saturated heterocycles. The lowest BCUT2D eigenvalue weighted by Crippen LogP contribution is -2.32. The first-order valence-corrected chi connectivity index (χ1v) is 12.2. The lowest BCUT2D eigenvalue weighted by molar-refractivity contribution is 0.0655. The second kappa shape index (κ2) is 8.55. The van der Waals surface area contributed by atoms with Crippen molar-refractivity contribution in [1.82, 2.24) is 19.7 Å². The first kappa shape index (κ1) is 21.9. The van der Waals surface area contributed by atoms with Crippen LogP contribution in [-0.4, -0.2) is 43.7 Å². The van der Waals surface area contributed by atoms with E-state index in [9.17, 15) is 9.59 Å². The van der Waals surface area contributed by atoms with E-state index in [2.05, 4.69) is 26.1 Å². The molecule has 2 aliphatic heterocycles. The number of carbonyl (C=O) groups excluding carboxylic acids is 2. The quantitative estimate of drug-likeness (QED) is 0.342. The van der Waals surface area contributed by atoms with E-state index in [1.54, 1.807) is 24.3 Å². The largest absolute Gasteiger partial charge is 0.281 e. The zero-order chi connectivity index (χ0) is 24.1. The Hall–Kier alpha value is -3.62. The van der Waals surface area contributed by atoms with E-state index in [-0.39, 0.29) is 18.4 Å². The van der Waals surface area contributed by atoms with Crippen LogP contribution in [0.25, 0.3) is 5.69 Å². The highest BCUT2D eigenvalue weighted by atomic mass is 79.9. The Bertz CT molecular complexity index is 1530. The second-order valence-electron chi connectivity index (χ2n) is 8.23. The number of aliphatic imine (C=N–C) groups is 1. The Morgan fingerprint density at radius 2 is 1.54 bits per heavy atom. The summed E-state index contributed by atoms with van der Waals surface area (Å²) >= 11 is 10.1. The summed E-state index contributed by atoms with van der Waals surface area (Å²) in [6, 6.07) is 20.4. The molecule has 4 aromatic rings. The van der Waals surface area contributed by atoms with Crippen LogP contribution < -0.4 is 0 Å². The minimum absolute atomic E-state index is 0.203. The molecule has 172 valence electrons. The standard InChI is InChI=1S/C26H17BrClN5O2/c27-15-9-10-21-19(13-15)24(18-7-3-4-8-20(18)28)29-14-23-31-30-22(33(21)23)11-12-32-25(34)16-5-1-2-6-17(16)26(32)35/h1-10,13H,11-12,14H2. The van der Waals surface area contributed by atoms with Crippen molar-refractivity contribution in [2.24, 2.45) is 4.99 Å². The molecule has 0 unspecified atom stereocenters. The van der Waals surface area contributed by atoms with Gasteiger partial charge in [0.2, 0.25) is 0 Å². The smallest absolute Gasteiger partial charge is 0.261 e. The lowest BCUT2D eigenvalue weighted by atomic mass is 10.0. The summed E-state index contributed by atoms with van der Waals surface area (Å²) in [6.07, 6.45) is 0.357. The Morgan fingerprint density at radius 3 is 2.26 bits per heavy atom. The topological polar surface area (TPSA) is 80.5 Å². The molecule has 2 aliphatic rings. The minimum atomic E-state index is -0.283. The van der Waals surface area contributed by atoms with Crippen molar-refractivity contribution in [2.45, 2.75) is 13.0 Å². The highest BCUT2D eigenvalue weighted by Crippen LogP contribution is 2.31. The summed E-state index contributed by atoms with van der Waals surface area (Å²) in [7, 11) is 0. The number of hydrogen-bond acceptors (Lipinski definition) is 5. The summed E-state index contributed by atoms with van der Waals surface area (Å²) in [4.78, 5) is 31.7. The fourth-order valence-corrected chi connectivity index (χ4v) is 5.15. The SMILES string of the molecule is O=C1c2ccccc2C(=O)N1CCc1nnc2n1-c1ccc(Br)cc1C(c1ccccc1Cl)=NC2. The van der Waals surface area contributed by atoms with Crippen LogP contribution >= 0.6 is 27.5 Å². The first-order chi connectivity index (χ1) is 17.0. The van der Waals surface area contributed by atoms with Crippen molar-refractivity contribution in [3.8, 4) is 5.69 Å². The molecule has 1 aromatic heterocycles. The maximum atomic E-state index is 12.8. The number of halogens is 2. The number of carbonyl (C=O) groups is 2. The maximum Gasteiger partial charge on any atom is 0.261 e. The average molecular weight is 547 g/mol. The van der Waals surface area contributed by atoms with Gasteiger partial charge in [0, 0.05) is 33.6 Å². The van der Waals surface area contributed by atoms with Gasteiger partial charge in [-0.25, -0.2) is 0 Å². The van der Waals surface area contributed by atoms with E-state index in [1.165, 1.54) is 4.90 Å². The van der Waals surface area contributed by atoms with Crippen molar-refractivity contribution in [3.63, 3.8) is 0 Å². The highest BCUT2D eigenvalue weighted by Gasteiger charge is 2.35. The van der Waals surface area contributed by atoms with Crippen molar-refractivity contribution in [2.75, 3.05) is 6.54 Å². The van der Waals surface area contributed by atoms with Crippen LogP contribution in [-0.2, 0) is 13.0 Å². The molecule has 0 saturated carbocycles. The third kappa shape index (κ3) is 3.61. The predicted molar refractivity (Wildman–Crippen MR) is 135 cm³/mol. The van der Waals surface area contributed by atoms with Crippen molar-refractivity contribution in [3.05, 3.63) is 110 Å². The normalized spacial score (nSPS) is 14.3. The second-order valence-corrected chi connectivity index (χ2v) is 9.55. The van der Waals surface area contributed by atoms with Gasteiger partial charge in [0.05, 0.1) is 22.5 Å². The van der Waals surface area contributed by atoms with Gasteiger partial charge < -0.3 is 0 Å². The molecule has 0 bridgehead atoms. The number of aromatic nitrogens is 3. The van der Waals surface area contributed by atoms with Crippen molar-refractivity contribution in [1.29, 1.82) is 0 Å². The average Bonchev–Trinajstić information content (AvgIpc) is 3.32. The Balaban J connectivity index is 1.37. The third-order valence-corrected chi connectivity index (χ3v) is 7.02. The van der Waals surface area contributed by atoms with E-state index in [4.69, 9.17) is 16.6 Å². The van der Waals surface area contributed by atoms with Gasteiger partial charge in [0.15, 0.2) is 5.82 Å². The Kier molecular flexibility index (Phi) is 5.35. The molecule has 0 N–H and O–H groups in total. The van der Waals surface area contributed by atoms with Crippen LogP contribution in [0.2, 0.25) is 5.02 Å². The summed E-state index contributed by atoms with van der Waals surface area (Å²) in [6.45, 7) is 0.515. The number of rotatable bonds is 4. The molecule has 0 fully saturated rings. The zero-order valence-electron chi connectivity index (χ0n) is 18.3. The molecule has 7 nitrogen and oxygen atoms in total. The van der Waals surface area contributed by atoms with Crippen LogP contribution in [0.3, 0.4) is 0 Å². The van der Waals surface area contributed by atoms with Crippen LogP contribution in [0, 0.1) is 0 Å². The van der Waals surface area contributed by atoms with Gasteiger partial charge in [0.1, 0.15) is 12.4 Å². The van der Waals surface area contributed by atoms with E-state index in [1.807, 2.05) is 47.0 Å². The minimum Gasteiger partial charge on any atom is -0.281 e. The van der Waals surface area contributed by atoms with Gasteiger partial charge in [-0.2, -0.15) is 0 Å². The molecule has 0 spiro atoms. The summed E-state index contributed by atoms with van der Waals surface area (Å²) < 4.78 is 2.87. The van der Waals surface area contributed by atoms with E-state index in [0.717, 1.165) is 27.0 Å². The van der Waals surface area contributed by atoms with E-state index >= 15 is 0 Å². The molecule has 2 amide bonds. The van der Waals surface area contributed by atoms with Crippen LogP contribution in [0.4, 0.5) is 0 Å². The van der Waals surface area contributed by atoms with Crippen LogP contribution in [0.15, 0.2) is 76.2 Å². The van der Waals surface area contributed by atoms with Crippen LogP contribution in [0.5, 0.6) is 0 Å². The van der Waals surface area contributed by atoms with Gasteiger partial charge in [0.25, 0.3) is 11.8 Å². The van der Waals surface area contributed by atoms with Crippen LogP contribution in [0.1, 0.15) is 43.5 Å². The van der Waals surface area contributed by atoms with E-state index < -0.39 is 0 Å². The molecule has 0 aliphatic carbocycles. The molecular formula is C26H17BrClN5O2. The number of imide groups is 1. The number of benzene rings is 3. The van der Waals surface area contributed by atoms with Gasteiger partial charge in [-0.05, 0) is 36.4 Å². The molecule has 9 heteroatoms.